The molecule has 1 aliphatic rings. The quantitative estimate of drug-likeness (QED) is 0.644. The average Bonchev–Trinajstić information content (AvgIpc) is 2.84. The lowest BCUT2D eigenvalue weighted by atomic mass is 9.94. The number of nitrogens with one attached hydrogen (secondary N) is 1. The Bertz CT molecular complexity index is 391. The van der Waals surface area contributed by atoms with E-state index in [4.69, 9.17) is 5.84 Å². The van der Waals surface area contributed by atoms with Crippen LogP contribution in [0.25, 0.3) is 0 Å². The van der Waals surface area contributed by atoms with Gasteiger partial charge in [-0.15, -0.1) is 0 Å². The molecule has 0 aliphatic heterocycles. The number of hydrogen-bond donors (Lipinski definition) is 2. The summed E-state index contributed by atoms with van der Waals surface area (Å²) in [4.78, 5) is 0. The molecule has 0 aromatic heterocycles. The highest BCUT2D eigenvalue weighted by Crippen LogP contribution is 2.29. The zero-order valence-electron chi connectivity index (χ0n) is 10.5. The van der Waals surface area contributed by atoms with E-state index in [-0.39, 0.29) is 11.9 Å². The molecule has 0 radical (unpaired) electrons. The highest BCUT2D eigenvalue weighted by molar-refractivity contribution is 9.10. The molecular weight excluding hydrogens is 295 g/mol. The monoisotopic (exact) mass is 314 g/mol. The van der Waals surface area contributed by atoms with Crippen molar-refractivity contribution in [2.24, 2.45) is 11.8 Å². The number of halogens is 2. The molecule has 2 nitrogen and oxygen atoms in total. The molecule has 3 N–H and O–H groups in total. The maximum atomic E-state index is 13.0. The second-order valence-corrected chi connectivity index (χ2v) is 6.04. The molecule has 4 heteroatoms. The summed E-state index contributed by atoms with van der Waals surface area (Å²) in [5.41, 5.74) is 4.01. The van der Waals surface area contributed by atoms with Crippen molar-refractivity contribution in [2.45, 2.75) is 44.6 Å². The molecule has 0 saturated heterocycles. The molecule has 1 aliphatic carbocycles. The zero-order chi connectivity index (χ0) is 13.0. The van der Waals surface area contributed by atoms with Gasteiger partial charge in [-0.05, 0) is 36.5 Å². The Morgan fingerprint density at radius 2 is 2.11 bits per heavy atom. The van der Waals surface area contributed by atoms with Crippen molar-refractivity contribution in [1.82, 2.24) is 5.43 Å². The van der Waals surface area contributed by atoms with Crippen LogP contribution in [-0.2, 0) is 6.42 Å². The summed E-state index contributed by atoms with van der Waals surface area (Å²) in [5, 5.41) is 0. The lowest BCUT2D eigenvalue weighted by molar-refractivity contribution is 0.389. The molecule has 18 heavy (non-hydrogen) atoms. The summed E-state index contributed by atoms with van der Waals surface area (Å²) in [6, 6.07) is 5.12. The Morgan fingerprint density at radius 3 is 2.72 bits per heavy atom. The minimum atomic E-state index is -0.210. The third-order valence-corrected chi connectivity index (χ3v) is 4.55. The summed E-state index contributed by atoms with van der Waals surface area (Å²) in [7, 11) is 0. The summed E-state index contributed by atoms with van der Waals surface area (Å²) in [6.45, 7) is 0. The van der Waals surface area contributed by atoms with E-state index < -0.39 is 0 Å². The standard InChI is InChI=1S/C14H20BrFN2/c15-14-9-12(16)6-5-11(14)8-13(18-17)7-10-3-1-2-4-10/h5-6,9-10,13,18H,1-4,7-8,17H2. The average molecular weight is 315 g/mol. The lowest BCUT2D eigenvalue weighted by Crippen LogP contribution is -2.38. The van der Waals surface area contributed by atoms with Gasteiger partial charge in [0.15, 0.2) is 0 Å². The summed E-state index contributed by atoms with van der Waals surface area (Å²) in [6.07, 6.45) is 7.30. The molecule has 0 amide bonds. The van der Waals surface area contributed by atoms with Crippen LogP contribution in [-0.4, -0.2) is 6.04 Å². The van der Waals surface area contributed by atoms with Gasteiger partial charge in [-0.1, -0.05) is 47.7 Å². The van der Waals surface area contributed by atoms with Crippen molar-refractivity contribution in [3.05, 3.63) is 34.1 Å². The van der Waals surface area contributed by atoms with Crippen LogP contribution in [0.5, 0.6) is 0 Å². The van der Waals surface area contributed by atoms with Crippen LogP contribution < -0.4 is 11.3 Å². The van der Waals surface area contributed by atoms with Gasteiger partial charge < -0.3 is 0 Å². The SMILES string of the molecule is NNC(Cc1ccc(F)cc1Br)CC1CCCC1. The fourth-order valence-electron chi connectivity index (χ4n) is 2.81. The van der Waals surface area contributed by atoms with E-state index in [1.165, 1.54) is 37.8 Å². The lowest BCUT2D eigenvalue weighted by Gasteiger charge is -2.20. The van der Waals surface area contributed by atoms with Gasteiger partial charge in [-0.25, -0.2) is 4.39 Å². The fourth-order valence-corrected chi connectivity index (χ4v) is 3.32. The van der Waals surface area contributed by atoms with Crippen LogP contribution in [0.15, 0.2) is 22.7 Å². The zero-order valence-corrected chi connectivity index (χ0v) is 12.0. The maximum Gasteiger partial charge on any atom is 0.124 e. The molecule has 1 unspecified atom stereocenters. The van der Waals surface area contributed by atoms with E-state index in [0.29, 0.717) is 0 Å². The van der Waals surface area contributed by atoms with E-state index in [2.05, 4.69) is 21.4 Å². The second-order valence-electron chi connectivity index (χ2n) is 5.19. The molecular formula is C14H20BrFN2. The smallest absolute Gasteiger partial charge is 0.124 e. The first-order valence-electron chi connectivity index (χ1n) is 6.59. The van der Waals surface area contributed by atoms with Gasteiger partial charge in [0.1, 0.15) is 5.82 Å². The largest absolute Gasteiger partial charge is 0.271 e. The van der Waals surface area contributed by atoms with Crippen LogP contribution in [0.1, 0.15) is 37.7 Å². The predicted molar refractivity (Wildman–Crippen MR) is 75.5 cm³/mol. The van der Waals surface area contributed by atoms with Crippen molar-refractivity contribution in [3.8, 4) is 0 Å². The second kappa shape index (κ2) is 6.64. The maximum absolute atomic E-state index is 13.0. The van der Waals surface area contributed by atoms with Crippen molar-refractivity contribution >= 4 is 15.9 Å². The molecule has 1 saturated carbocycles. The van der Waals surface area contributed by atoms with Crippen LogP contribution >= 0.6 is 15.9 Å². The van der Waals surface area contributed by atoms with E-state index in [0.717, 1.165) is 28.8 Å². The van der Waals surface area contributed by atoms with Crippen molar-refractivity contribution < 1.29 is 4.39 Å². The Balaban J connectivity index is 1.96. The normalized spacial score (nSPS) is 18.2. The number of hydrazine groups is 1. The van der Waals surface area contributed by atoms with E-state index >= 15 is 0 Å². The van der Waals surface area contributed by atoms with Gasteiger partial charge in [0.25, 0.3) is 0 Å². The fraction of sp³-hybridized carbons (Fsp3) is 0.571. The van der Waals surface area contributed by atoms with Gasteiger partial charge in [0.2, 0.25) is 0 Å². The van der Waals surface area contributed by atoms with Crippen LogP contribution in [0.3, 0.4) is 0 Å². The van der Waals surface area contributed by atoms with Crippen LogP contribution in [0.2, 0.25) is 0 Å². The third-order valence-electron chi connectivity index (χ3n) is 3.81. The highest BCUT2D eigenvalue weighted by atomic mass is 79.9. The van der Waals surface area contributed by atoms with E-state index in [1.807, 2.05) is 6.07 Å². The van der Waals surface area contributed by atoms with Gasteiger partial charge in [0.05, 0.1) is 0 Å². The van der Waals surface area contributed by atoms with Gasteiger partial charge in [0, 0.05) is 10.5 Å². The Kier molecular flexibility index (Phi) is 5.15. The van der Waals surface area contributed by atoms with Gasteiger partial charge >= 0.3 is 0 Å². The number of rotatable bonds is 5. The minimum Gasteiger partial charge on any atom is -0.271 e. The van der Waals surface area contributed by atoms with Crippen LogP contribution in [0, 0.1) is 11.7 Å². The predicted octanol–water partition coefficient (Wildman–Crippen LogP) is 3.54. The van der Waals surface area contributed by atoms with Gasteiger partial charge in [-0.3, -0.25) is 11.3 Å². The molecule has 0 bridgehead atoms. The van der Waals surface area contributed by atoms with Crippen molar-refractivity contribution in [1.29, 1.82) is 0 Å². The Labute approximate surface area is 116 Å². The molecule has 1 fully saturated rings. The summed E-state index contributed by atoms with van der Waals surface area (Å²) in [5.74, 6) is 6.23. The molecule has 0 spiro atoms. The first-order chi connectivity index (χ1) is 8.69. The van der Waals surface area contributed by atoms with Gasteiger partial charge in [-0.2, -0.15) is 0 Å². The highest BCUT2D eigenvalue weighted by Gasteiger charge is 2.20. The van der Waals surface area contributed by atoms with Crippen molar-refractivity contribution in [2.75, 3.05) is 0 Å². The van der Waals surface area contributed by atoms with E-state index in [9.17, 15) is 4.39 Å². The molecule has 1 atom stereocenters. The molecule has 1 aromatic rings. The first kappa shape index (κ1) is 14.0. The van der Waals surface area contributed by atoms with E-state index in [1.54, 1.807) is 0 Å². The molecule has 100 valence electrons. The Morgan fingerprint density at radius 1 is 1.39 bits per heavy atom. The number of nitrogens with two attached hydrogens (primary N) is 1. The van der Waals surface area contributed by atoms with Crippen molar-refractivity contribution in [3.63, 3.8) is 0 Å². The first-order valence-corrected chi connectivity index (χ1v) is 7.38. The Hall–Kier alpha value is -0.450. The summed E-state index contributed by atoms with van der Waals surface area (Å²) >= 11 is 3.41. The molecule has 2 rings (SSSR count). The third kappa shape index (κ3) is 3.77. The molecule has 1 aromatic carbocycles. The molecule has 0 heterocycles. The number of benzene rings is 1. The summed E-state index contributed by atoms with van der Waals surface area (Å²) < 4.78 is 13.9. The minimum absolute atomic E-state index is 0.210. The van der Waals surface area contributed by atoms with Crippen LogP contribution in [0.4, 0.5) is 4.39 Å². The topological polar surface area (TPSA) is 38.0 Å². The number of hydrogen-bond acceptors (Lipinski definition) is 2.